The molecule has 0 saturated heterocycles. The van der Waals surface area contributed by atoms with Gasteiger partial charge in [-0.15, -0.1) is 0 Å². The quantitative estimate of drug-likeness (QED) is 0.0222. The summed E-state index contributed by atoms with van der Waals surface area (Å²) in [7, 11) is -9.91. The fraction of sp³-hybridized carbons (Fsp3) is 0.949. The lowest BCUT2D eigenvalue weighted by molar-refractivity contribution is -0.161. The van der Waals surface area contributed by atoms with Crippen LogP contribution in [0.15, 0.2) is 0 Å². The van der Waals surface area contributed by atoms with Crippen molar-refractivity contribution in [3.63, 3.8) is 0 Å². The van der Waals surface area contributed by atoms with Gasteiger partial charge in [0.1, 0.15) is 19.3 Å². The van der Waals surface area contributed by atoms with Crippen LogP contribution in [0.4, 0.5) is 0 Å². The number of rotatable bonds is 76. The average molecular weight is 1420 g/mol. The van der Waals surface area contributed by atoms with E-state index in [-0.39, 0.29) is 25.7 Å². The molecule has 0 bridgehead atoms. The number of unbranched alkanes of at least 4 members (excludes halogenated alkanes) is 43. The van der Waals surface area contributed by atoms with Gasteiger partial charge in [-0.1, -0.05) is 350 Å². The summed E-state index contributed by atoms with van der Waals surface area (Å²) in [4.78, 5) is 72.7. The topological polar surface area (TPSA) is 237 Å². The van der Waals surface area contributed by atoms with E-state index in [1.165, 1.54) is 199 Å². The van der Waals surface area contributed by atoms with Gasteiger partial charge in [0.2, 0.25) is 0 Å². The number of esters is 4. The largest absolute Gasteiger partial charge is 0.472 e. The summed E-state index contributed by atoms with van der Waals surface area (Å²) < 4.78 is 68.5. The van der Waals surface area contributed by atoms with Crippen molar-refractivity contribution in [3.8, 4) is 0 Å². The van der Waals surface area contributed by atoms with E-state index in [9.17, 15) is 43.2 Å². The first-order chi connectivity index (χ1) is 46.8. The molecule has 0 aromatic carbocycles. The molecule has 0 aliphatic carbocycles. The van der Waals surface area contributed by atoms with Crippen molar-refractivity contribution < 1.29 is 80.2 Å². The third kappa shape index (κ3) is 70.9. The number of carbonyl (C=O) groups excluding carboxylic acids is 4. The molecule has 17 nitrogen and oxygen atoms in total. The zero-order chi connectivity index (χ0) is 71.6. The number of hydrogen-bond donors (Lipinski definition) is 3. The predicted molar refractivity (Wildman–Crippen MR) is 395 cm³/mol. The van der Waals surface area contributed by atoms with Crippen LogP contribution in [-0.2, 0) is 65.4 Å². The third-order valence-corrected chi connectivity index (χ3v) is 20.4. The Kier molecular flexibility index (Phi) is 67.1. The Morgan fingerprint density at radius 2 is 0.526 bits per heavy atom. The predicted octanol–water partition coefficient (Wildman–Crippen LogP) is 23.0. The summed E-state index contributed by atoms with van der Waals surface area (Å²) in [6.07, 6.45) is 55.7. The molecule has 0 aliphatic heterocycles. The van der Waals surface area contributed by atoms with Crippen LogP contribution in [0, 0.1) is 17.8 Å². The Hall–Kier alpha value is -1.94. The maximum absolute atomic E-state index is 13.1. The minimum Gasteiger partial charge on any atom is -0.462 e. The highest BCUT2D eigenvalue weighted by Gasteiger charge is 2.30. The van der Waals surface area contributed by atoms with Gasteiger partial charge in [0, 0.05) is 25.7 Å². The fourth-order valence-corrected chi connectivity index (χ4v) is 13.5. The van der Waals surface area contributed by atoms with E-state index in [1.54, 1.807) is 0 Å². The van der Waals surface area contributed by atoms with Gasteiger partial charge < -0.3 is 33.8 Å². The normalized spacial score (nSPS) is 14.3. The van der Waals surface area contributed by atoms with Gasteiger partial charge in [0.25, 0.3) is 0 Å². The van der Waals surface area contributed by atoms with Crippen molar-refractivity contribution in [2.45, 2.75) is 420 Å². The maximum Gasteiger partial charge on any atom is 0.472 e. The number of ether oxygens (including phenoxy) is 4. The highest BCUT2D eigenvalue weighted by Crippen LogP contribution is 2.45. The first-order valence-corrected chi connectivity index (χ1v) is 43.4. The lowest BCUT2D eigenvalue weighted by Crippen LogP contribution is -2.30. The Labute approximate surface area is 594 Å². The molecule has 0 spiro atoms. The van der Waals surface area contributed by atoms with Crippen LogP contribution < -0.4 is 0 Å². The monoisotopic (exact) mass is 1420 g/mol. The fourth-order valence-electron chi connectivity index (χ4n) is 11.9. The van der Waals surface area contributed by atoms with Crippen LogP contribution in [-0.4, -0.2) is 96.7 Å². The van der Waals surface area contributed by atoms with Crippen molar-refractivity contribution in [2.75, 3.05) is 39.6 Å². The molecular formula is C78H152O17P2. The van der Waals surface area contributed by atoms with E-state index in [0.717, 1.165) is 120 Å². The molecule has 0 aromatic heterocycles. The minimum absolute atomic E-state index is 0.105. The second-order valence-corrected chi connectivity index (χ2v) is 32.2. The van der Waals surface area contributed by atoms with Crippen LogP contribution in [0.3, 0.4) is 0 Å². The Balaban J connectivity index is 5.16. The summed E-state index contributed by atoms with van der Waals surface area (Å²) in [5.74, 6) is 0.278. The number of aliphatic hydroxyl groups excluding tert-OH is 1. The molecule has 0 rings (SSSR count). The Morgan fingerprint density at radius 3 is 0.784 bits per heavy atom. The molecule has 0 aromatic rings. The summed E-state index contributed by atoms with van der Waals surface area (Å²) in [5.41, 5.74) is 0. The molecule has 0 fully saturated rings. The number of phosphoric acid groups is 2. The van der Waals surface area contributed by atoms with Gasteiger partial charge in [0.05, 0.1) is 26.4 Å². The lowest BCUT2D eigenvalue weighted by Gasteiger charge is -2.21. The number of hydrogen-bond acceptors (Lipinski definition) is 15. The molecule has 576 valence electrons. The summed E-state index contributed by atoms with van der Waals surface area (Å²) in [6, 6.07) is 0. The SMILES string of the molecule is CCCCCCCCCC(=O)OC[C@H](COP(=O)(O)OC[C@H](O)COP(=O)(O)OC[C@@H](COC(=O)CCCCCCCCCCCCCCCC(C)C)OC(=O)CCCCCCCCCCCCCCCCCCCCC(C)CC)OC(=O)CCCCCCCCCCCC(C)C. The summed E-state index contributed by atoms with van der Waals surface area (Å²) in [6.45, 7) is 11.9. The second-order valence-electron chi connectivity index (χ2n) is 29.3. The number of carbonyl (C=O) groups is 4. The van der Waals surface area contributed by atoms with Gasteiger partial charge in [-0.05, 0) is 43.4 Å². The van der Waals surface area contributed by atoms with Gasteiger partial charge in [0.15, 0.2) is 12.2 Å². The molecule has 3 unspecified atom stereocenters. The molecule has 0 aliphatic rings. The minimum atomic E-state index is -4.96. The maximum atomic E-state index is 13.1. The van der Waals surface area contributed by atoms with Crippen molar-refractivity contribution in [3.05, 3.63) is 0 Å². The second kappa shape index (κ2) is 68.5. The molecular weight excluding hydrogens is 1270 g/mol. The van der Waals surface area contributed by atoms with Gasteiger partial charge in [-0.3, -0.25) is 37.3 Å². The lowest BCUT2D eigenvalue weighted by atomic mass is 9.99. The van der Waals surface area contributed by atoms with E-state index < -0.39 is 97.5 Å². The van der Waals surface area contributed by atoms with Crippen molar-refractivity contribution in [1.82, 2.24) is 0 Å². The van der Waals surface area contributed by atoms with E-state index in [1.807, 2.05) is 0 Å². The van der Waals surface area contributed by atoms with E-state index in [2.05, 4.69) is 48.5 Å². The summed E-state index contributed by atoms with van der Waals surface area (Å²) >= 11 is 0. The Morgan fingerprint density at radius 1 is 0.299 bits per heavy atom. The van der Waals surface area contributed by atoms with Crippen molar-refractivity contribution in [1.29, 1.82) is 0 Å². The van der Waals surface area contributed by atoms with E-state index >= 15 is 0 Å². The zero-order valence-electron chi connectivity index (χ0n) is 63.5. The van der Waals surface area contributed by atoms with Crippen molar-refractivity contribution in [2.24, 2.45) is 17.8 Å². The van der Waals surface area contributed by atoms with Gasteiger partial charge in [-0.2, -0.15) is 0 Å². The van der Waals surface area contributed by atoms with E-state index in [0.29, 0.717) is 25.7 Å². The first-order valence-electron chi connectivity index (χ1n) is 40.4. The highest BCUT2D eigenvalue weighted by atomic mass is 31.2. The first kappa shape index (κ1) is 95.1. The van der Waals surface area contributed by atoms with Crippen LogP contribution in [0.1, 0.15) is 402 Å². The van der Waals surface area contributed by atoms with Gasteiger partial charge >= 0.3 is 39.5 Å². The number of phosphoric ester groups is 2. The van der Waals surface area contributed by atoms with Crippen molar-refractivity contribution >= 4 is 39.5 Å². The highest BCUT2D eigenvalue weighted by molar-refractivity contribution is 7.47. The van der Waals surface area contributed by atoms with Gasteiger partial charge in [-0.25, -0.2) is 9.13 Å². The molecule has 0 heterocycles. The molecule has 97 heavy (non-hydrogen) atoms. The van der Waals surface area contributed by atoms with Crippen LogP contribution in [0.25, 0.3) is 0 Å². The average Bonchev–Trinajstić information content (AvgIpc) is 1.72. The van der Waals surface area contributed by atoms with Crippen LogP contribution in [0.5, 0.6) is 0 Å². The van der Waals surface area contributed by atoms with Crippen LogP contribution >= 0.6 is 15.6 Å². The molecule has 6 atom stereocenters. The van der Waals surface area contributed by atoms with E-state index in [4.69, 9.17) is 37.0 Å². The smallest absolute Gasteiger partial charge is 0.462 e. The zero-order valence-corrected chi connectivity index (χ0v) is 65.3. The standard InChI is InChI=1S/C78H152O17P2/c1-8-10-11-12-35-45-52-59-75(80)88-65-73(94-78(83)62-55-48-41-34-28-30-37-43-50-57-70(5)6)67-92-96(84,85)90-63-72(79)64-91-97(86,87)93-68-74(66-89-76(81)60-53-46-39-32-26-23-19-20-24-29-36-42-49-56-69(3)4)95-77(82)61-54-47-40-33-27-22-18-16-14-13-15-17-21-25-31-38-44-51-58-71(7)9-2/h69-74,79H,8-68H2,1-7H3,(H,84,85)(H,86,87)/t71?,72-,73+,74+/m0/s1. The molecule has 0 radical (unpaired) electrons. The number of aliphatic hydroxyl groups is 1. The summed E-state index contributed by atoms with van der Waals surface area (Å²) in [5, 5.41) is 10.6. The molecule has 0 amide bonds. The molecule has 19 heteroatoms. The third-order valence-electron chi connectivity index (χ3n) is 18.5. The Bertz CT molecular complexity index is 1890. The molecule has 3 N–H and O–H groups in total. The molecule has 0 saturated carbocycles. The van der Waals surface area contributed by atoms with Crippen LogP contribution in [0.2, 0.25) is 0 Å².